The Bertz CT molecular complexity index is 1680. The van der Waals surface area contributed by atoms with E-state index in [0.717, 1.165) is 34.7 Å². The number of carboxylic acid groups (broad SMARTS) is 1. The van der Waals surface area contributed by atoms with Crippen molar-refractivity contribution >= 4 is 33.1 Å². The van der Waals surface area contributed by atoms with Crippen LogP contribution >= 0.6 is 0 Å². The second kappa shape index (κ2) is 8.16. The molecule has 0 amide bonds. The van der Waals surface area contributed by atoms with E-state index in [9.17, 15) is 15.0 Å². The van der Waals surface area contributed by atoms with Crippen LogP contribution in [-0.4, -0.2) is 16.2 Å². The zero-order valence-corrected chi connectivity index (χ0v) is 21.9. The molecule has 3 heteroatoms. The summed E-state index contributed by atoms with van der Waals surface area (Å²) in [5.41, 5.74) is 8.33. The molecule has 0 spiro atoms. The zero-order chi connectivity index (χ0) is 26.1. The molecule has 6 rings (SSSR count). The lowest BCUT2D eigenvalue weighted by Gasteiger charge is -2.40. The number of hydrogen-bond acceptors (Lipinski definition) is 2. The van der Waals surface area contributed by atoms with Crippen LogP contribution in [0.2, 0.25) is 0 Å². The monoisotopic (exact) mass is 488 g/mol. The largest absolute Gasteiger partial charge is 0.478 e. The van der Waals surface area contributed by atoms with E-state index in [1.54, 1.807) is 11.6 Å². The molecule has 186 valence electrons. The van der Waals surface area contributed by atoms with Gasteiger partial charge in [0, 0.05) is 5.39 Å². The van der Waals surface area contributed by atoms with Gasteiger partial charge >= 0.3 is 5.97 Å². The van der Waals surface area contributed by atoms with Crippen molar-refractivity contribution < 1.29 is 15.0 Å². The lowest BCUT2D eigenvalue weighted by molar-refractivity contribution is 0.0695. The molecular weight excluding hydrogens is 456 g/mol. The number of carboxylic acids is 1. The molecule has 3 nitrogen and oxygen atoms in total. The Kier molecular flexibility index (Phi) is 5.22. The van der Waals surface area contributed by atoms with Gasteiger partial charge in [-0.15, -0.1) is 0 Å². The average Bonchev–Trinajstić information content (AvgIpc) is 2.85. The Balaban J connectivity index is 1.57. The average molecular weight is 489 g/mol. The first-order valence-corrected chi connectivity index (χ1v) is 13.0. The molecule has 0 heterocycles. The second-order valence-corrected chi connectivity index (χ2v) is 12.0. The minimum absolute atomic E-state index is 0.0163. The summed E-state index contributed by atoms with van der Waals surface area (Å²) in [4.78, 5) is 12.3. The van der Waals surface area contributed by atoms with E-state index in [-0.39, 0.29) is 23.0 Å². The van der Waals surface area contributed by atoms with Crippen LogP contribution in [0.1, 0.15) is 67.6 Å². The SMILES string of the molecule is CC1(C)C=CC2=C(C1)CC(C)(C)c1c2ccc2cc(-c3cccc4ccc(CO)c(C(=O)O)c34)ccc12. The van der Waals surface area contributed by atoms with Gasteiger partial charge in [0.15, 0.2) is 0 Å². The van der Waals surface area contributed by atoms with Crippen LogP contribution < -0.4 is 0 Å². The molecule has 0 radical (unpaired) electrons. The number of rotatable bonds is 3. The second-order valence-electron chi connectivity index (χ2n) is 12.0. The minimum atomic E-state index is -1.02. The van der Waals surface area contributed by atoms with Crippen molar-refractivity contribution in [3.63, 3.8) is 0 Å². The highest BCUT2D eigenvalue weighted by molar-refractivity contribution is 6.12. The van der Waals surface area contributed by atoms with Crippen LogP contribution in [0.15, 0.2) is 78.4 Å². The van der Waals surface area contributed by atoms with Crippen LogP contribution in [0.3, 0.4) is 0 Å². The molecular formula is C34H32O3. The maximum Gasteiger partial charge on any atom is 0.336 e. The molecule has 0 saturated carbocycles. The molecule has 0 fully saturated rings. The Morgan fingerprint density at radius 3 is 2.43 bits per heavy atom. The first kappa shape index (κ1) is 23.7. The van der Waals surface area contributed by atoms with Crippen molar-refractivity contribution in [1.82, 2.24) is 0 Å². The Labute approximate surface area is 217 Å². The predicted molar refractivity (Wildman–Crippen MR) is 152 cm³/mol. The molecule has 0 aromatic heterocycles. The normalized spacial score (nSPS) is 17.6. The zero-order valence-electron chi connectivity index (χ0n) is 21.9. The fraction of sp³-hybridized carbons (Fsp3) is 0.265. The standard InChI is InChI=1S/C34H32O3/c1-33(2)15-14-25-24(17-33)18-34(3,4)31-27-12-10-21(16-22(27)11-13-28(25)31)26-7-5-6-20-8-9-23(19-35)30(29(20)26)32(36)37/h5-16,35H,17-19H2,1-4H3,(H,36,37). The van der Waals surface area contributed by atoms with Gasteiger partial charge in [0.05, 0.1) is 12.2 Å². The molecule has 37 heavy (non-hydrogen) atoms. The molecule has 2 N–H and O–H groups in total. The number of aliphatic hydroxyl groups is 1. The van der Waals surface area contributed by atoms with Crippen molar-refractivity contribution in [2.45, 2.75) is 52.6 Å². The third kappa shape index (κ3) is 3.72. The molecule has 0 saturated heterocycles. The van der Waals surface area contributed by atoms with Crippen molar-refractivity contribution in [3.05, 3.63) is 101 Å². The van der Waals surface area contributed by atoms with E-state index in [0.29, 0.717) is 10.9 Å². The number of carbonyl (C=O) groups is 1. The lowest BCUT2D eigenvalue weighted by atomic mass is 9.64. The highest BCUT2D eigenvalue weighted by Gasteiger charge is 2.36. The quantitative estimate of drug-likeness (QED) is 0.305. The van der Waals surface area contributed by atoms with Gasteiger partial charge in [0.25, 0.3) is 0 Å². The summed E-state index contributed by atoms with van der Waals surface area (Å²) < 4.78 is 0. The molecule has 2 aliphatic carbocycles. The fourth-order valence-corrected chi connectivity index (χ4v) is 6.68. The number of fused-ring (bicyclic) bond motifs is 5. The van der Waals surface area contributed by atoms with E-state index in [2.05, 4.69) is 70.2 Å². The summed E-state index contributed by atoms with van der Waals surface area (Å²) in [6.45, 7) is 9.02. The van der Waals surface area contributed by atoms with Crippen LogP contribution in [0, 0.1) is 5.41 Å². The number of aromatic carboxylic acids is 1. The molecule has 0 unspecified atom stereocenters. The molecule has 0 atom stereocenters. The Morgan fingerprint density at radius 1 is 0.892 bits per heavy atom. The van der Waals surface area contributed by atoms with Gasteiger partial charge in [0.2, 0.25) is 0 Å². The van der Waals surface area contributed by atoms with E-state index in [1.807, 2.05) is 24.3 Å². The van der Waals surface area contributed by atoms with Crippen molar-refractivity contribution in [1.29, 1.82) is 0 Å². The van der Waals surface area contributed by atoms with Crippen LogP contribution in [-0.2, 0) is 12.0 Å². The Hall–Kier alpha value is -3.69. The molecule has 4 aromatic carbocycles. The summed E-state index contributed by atoms with van der Waals surface area (Å²) in [6.07, 6.45) is 6.83. The van der Waals surface area contributed by atoms with Gasteiger partial charge in [-0.25, -0.2) is 4.79 Å². The molecule has 0 bridgehead atoms. The fourth-order valence-electron chi connectivity index (χ4n) is 6.68. The summed E-state index contributed by atoms with van der Waals surface area (Å²) in [5.74, 6) is -1.02. The first-order chi connectivity index (χ1) is 17.6. The van der Waals surface area contributed by atoms with Gasteiger partial charge in [-0.2, -0.15) is 0 Å². The highest BCUT2D eigenvalue weighted by Crippen LogP contribution is 2.51. The van der Waals surface area contributed by atoms with Crippen molar-refractivity contribution in [2.75, 3.05) is 0 Å². The predicted octanol–water partition coefficient (Wildman–Crippen LogP) is 8.27. The third-order valence-electron chi connectivity index (χ3n) is 8.22. The number of benzene rings is 4. The number of hydrogen-bond donors (Lipinski definition) is 2. The van der Waals surface area contributed by atoms with E-state index < -0.39 is 5.97 Å². The summed E-state index contributed by atoms with van der Waals surface area (Å²) >= 11 is 0. The van der Waals surface area contributed by atoms with Crippen molar-refractivity contribution in [2.24, 2.45) is 5.41 Å². The van der Waals surface area contributed by atoms with Gasteiger partial charge in [-0.3, -0.25) is 0 Å². The maximum absolute atomic E-state index is 12.3. The number of allylic oxidation sites excluding steroid dienone is 4. The van der Waals surface area contributed by atoms with Gasteiger partial charge < -0.3 is 10.2 Å². The third-order valence-corrected chi connectivity index (χ3v) is 8.22. The molecule has 0 aliphatic heterocycles. The van der Waals surface area contributed by atoms with E-state index in [4.69, 9.17) is 0 Å². The van der Waals surface area contributed by atoms with Gasteiger partial charge in [0.1, 0.15) is 0 Å². The molecule has 4 aromatic rings. The van der Waals surface area contributed by atoms with Gasteiger partial charge in [-0.1, -0.05) is 100 Å². The topological polar surface area (TPSA) is 57.5 Å². The smallest absolute Gasteiger partial charge is 0.336 e. The minimum Gasteiger partial charge on any atom is -0.478 e. The number of aliphatic hydroxyl groups excluding tert-OH is 1. The van der Waals surface area contributed by atoms with Crippen molar-refractivity contribution in [3.8, 4) is 11.1 Å². The highest BCUT2D eigenvalue weighted by atomic mass is 16.4. The van der Waals surface area contributed by atoms with E-state index >= 15 is 0 Å². The first-order valence-electron chi connectivity index (χ1n) is 13.0. The maximum atomic E-state index is 12.3. The Morgan fingerprint density at radius 2 is 1.68 bits per heavy atom. The van der Waals surface area contributed by atoms with Gasteiger partial charge in [-0.05, 0) is 79.3 Å². The van der Waals surface area contributed by atoms with Crippen LogP contribution in [0.25, 0.3) is 38.2 Å². The summed E-state index contributed by atoms with van der Waals surface area (Å²) in [7, 11) is 0. The lowest BCUT2D eigenvalue weighted by Crippen LogP contribution is -2.27. The van der Waals surface area contributed by atoms with Crippen LogP contribution in [0.5, 0.6) is 0 Å². The van der Waals surface area contributed by atoms with Crippen LogP contribution in [0.4, 0.5) is 0 Å². The molecule has 2 aliphatic rings. The van der Waals surface area contributed by atoms with E-state index in [1.165, 1.54) is 22.1 Å². The summed E-state index contributed by atoms with van der Waals surface area (Å²) in [6, 6.07) is 20.5. The summed E-state index contributed by atoms with van der Waals surface area (Å²) in [5, 5.41) is 23.8.